The Morgan fingerprint density at radius 1 is 1.33 bits per heavy atom. The van der Waals surface area contributed by atoms with Crippen LogP contribution in [-0.4, -0.2) is 26.8 Å². The van der Waals surface area contributed by atoms with Crippen molar-refractivity contribution in [1.29, 1.82) is 5.26 Å². The van der Waals surface area contributed by atoms with Crippen molar-refractivity contribution in [3.8, 4) is 6.07 Å². The van der Waals surface area contributed by atoms with E-state index in [1.165, 1.54) is 5.56 Å². The Morgan fingerprint density at radius 2 is 1.94 bits per heavy atom. The summed E-state index contributed by atoms with van der Waals surface area (Å²) < 4.78 is 5.17. The van der Waals surface area contributed by atoms with Gasteiger partial charge in [-0.2, -0.15) is 5.26 Å². The molecule has 3 nitrogen and oxygen atoms in total. The van der Waals surface area contributed by atoms with E-state index in [1.807, 2.05) is 7.05 Å². The standard InChI is InChI=1S/C15H20N2O/c1-12(2)13-4-6-14(7-5-13)17(3)9-15(8-16)10-18-11-15/h4-7,12H,9-11H2,1-3H3. The zero-order chi connectivity index (χ0) is 13.2. The lowest BCUT2D eigenvalue weighted by atomic mass is 9.87. The summed E-state index contributed by atoms with van der Waals surface area (Å²) in [5.41, 5.74) is 2.18. The van der Waals surface area contributed by atoms with Gasteiger partial charge >= 0.3 is 0 Å². The molecule has 1 aromatic carbocycles. The zero-order valence-corrected chi connectivity index (χ0v) is 11.3. The molecule has 0 spiro atoms. The van der Waals surface area contributed by atoms with Gasteiger partial charge in [-0.1, -0.05) is 26.0 Å². The highest BCUT2D eigenvalue weighted by Gasteiger charge is 2.40. The second-order valence-corrected chi connectivity index (χ2v) is 5.49. The highest BCUT2D eigenvalue weighted by Crippen LogP contribution is 2.29. The number of nitrogens with zero attached hydrogens (tertiary/aromatic N) is 2. The lowest BCUT2D eigenvalue weighted by molar-refractivity contribution is -0.0716. The minimum atomic E-state index is -0.314. The number of rotatable bonds is 4. The van der Waals surface area contributed by atoms with Crippen molar-refractivity contribution < 1.29 is 4.74 Å². The molecule has 0 bridgehead atoms. The van der Waals surface area contributed by atoms with E-state index in [9.17, 15) is 5.26 Å². The Hall–Kier alpha value is -1.53. The minimum Gasteiger partial charge on any atom is -0.378 e. The Morgan fingerprint density at radius 3 is 2.33 bits per heavy atom. The van der Waals surface area contributed by atoms with E-state index in [2.05, 4.69) is 49.1 Å². The molecule has 96 valence electrons. The number of hydrogen-bond acceptors (Lipinski definition) is 3. The molecule has 1 aliphatic heterocycles. The molecule has 1 heterocycles. The van der Waals surface area contributed by atoms with E-state index in [0.29, 0.717) is 19.1 Å². The van der Waals surface area contributed by atoms with Crippen molar-refractivity contribution in [3.05, 3.63) is 29.8 Å². The van der Waals surface area contributed by atoms with Crippen LogP contribution in [0, 0.1) is 16.7 Å². The number of hydrogen-bond donors (Lipinski definition) is 0. The minimum absolute atomic E-state index is 0.314. The molecular weight excluding hydrogens is 224 g/mol. The summed E-state index contributed by atoms with van der Waals surface area (Å²) in [5.74, 6) is 0.551. The maximum Gasteiger partial charge on any atom is 0.121 e. The average Bonchev–Trinajstić information content (AvgIpc) is 2.33. The SMILES string of the molecule is CC(C)c1ccc(N(C)CC2(C#N)COC2)cc1. The summed E-state index contributed by atoms with van der Waals surface area (Å²) in [6.07, 6.45) is 0. The van der Waals surface area contributed by atoms with Gasteiger partial charge in [0, 0.05) is 19.3 Å². The average molecular weight is 244 g/mol. The topological polar surface area (TPSA) is 36.3 Å². The molecule has 0 amide bonds. The Labute approximate surface area is 109 Å². The van der Waals surface area contributed by atoms with Gasteiger partial charge in [0.1, 0.15) is 5.41 Å². The van der Waals surface area contributed by atoms with Crippen molar-refractivity contribution in [2.75, 3.05) is 31.7 Å². The van der Waals surface area contributed by atoms with Crippen LogP contribution < -0.4 is 4.90 Å². The van der Waals surface area contributed by atoms with Gasteiger partial charge in [0.05, 0.1) is 19.3 Å². The van der Waals surface area contributed by atoms with Crippen molar-refractivity contribution >= 4 is 5.69 Å². The molecule has 0 aliphatic carbocycles. The molecule has 2 rings (SSSR count). The maximum absolute atomic E-state index is 9.19. The van der Waals surface area contributed by atoms with Crippen LogP contribution in [0.1, 0.15) is 25.3 Å². The quantitative estimate of drug-likeness (QED) is 0.817. The van der Waals surface area contributed by atoms with E-state index >= 15 is 0 Å². The highest BCUT2D eigenvalue weighted by molar-refractivity contribution is 5.48. The van der Waals surface area contributed by atoms with Crippen LogP contribution >= 0.6 is 0 Å². The Bertz CT molecular complexity index is 441. The first kappa shape index (κ1) is 12.9. The van der Waals surface area contributed by atoms with E-state index < -0.39 is 0 Å². The molecule has 18 heavy (non-hydrogen) atoms. The molecule has 1 fully saturated rings. The number of nitriles is 1. The van der Waals surface area contributed by atoms with Crippen LogP contribution in [0.15, 0.2) is 24.3 Å². The molecule has 0 aromatic heterocycles. The Balaban J connectivity index is 2.05. The van der Waals surface area contributed by atoms with E-state index in [4.69, 9.17) is 4.74 Å². The van der Waals surface area contributed by atoms with Gasteiger partial charge in [-0.3, -0.25) is 0 Å². The molecule has 0 atom stereocenters. The van der Waals surface area contributed by atoms with Crippen molar-refractivity contribution in [2.45, 2.75) is 19.8 Å². The fraction of sp³-hybridized carbons (Fsp3) is 0.533. The zero-order valence-electron chi connectivity index (χ0n) is 11.3. The second-order valence-electron chi connectivity index (χ2n) is 5.49. The van der Waals surface area contributed by atoms with Gasteiger partial charge < -0.3 is 9.64 Å². The summed E-state index contributed by atoms with van der Waals surface area (Å²) >= 11 is 0. The molecule has 1 aliphatic rings. The molecule has 0 saturated carbocycles. The molecule has 0 radical (unpaired) electrons. The predicted octanol–water partition coefficient (Wildman–Crippen LogP) is 2.79. The van der Waals surface area contributed by atoms with Gasteiger partial charge in [0.2, 0.25) is 0 Å². The monoisotopic (exact) mass is 244 g/mol. The van der Waals surface area contributed by atoms with Crippen molar-refractivity contribution in [2.24, 2.45) is 5.41 Å². The maximum atomic E-state index is 9.19. The number of benzene rings is 1. The first-order chi connectivity index (χ1) is 8.56. The van der Waals surface area contributed by atoms with Gasteiger partial charge in [-0.15, -0.1) is 0 Å². The third-order valence-electron chi connectivity index (χ3n) is 3.53. The van der Waals surface area contributed by atoms with Crippen LogP contribution in [0.2, 0.25) is 0 Å². The smallest absolute Gasteiger partial charge is 0.121 e. The second kappa shape index (κ2) is 4.99. The summed E-state index contributed by atoms with van der Waals surface area (Å²) in [6.45, 7) is 6.21. The van der Waals surface area contributed by atoms with Crippen molar-refractivity contribution in [3.63, 3.8) is 0 Å². The fourth-order valence-electron chi connectivity index (χ4n) is 2.20. The van der Waals surface area contributed by atoms with E-state index in [-0.39, 0.29) is 5.41 Å². The van der Waals surface area contributed by atoms with Crippen molar-refractivity contribution in [1.82, 2.24) is 0 Å². The van der Waals surface area contributed by atoms with Gasteiger partial charge in [0.15, 0.2) is 0 Å². The molecule has 1 saturated heterocycles. The first-order valence-electron chi connectivity index (χ1n) is 6.36. The molecule has 0 N–H and O–H groups in total. The van der Waals surface area contributed by atoms with Crippen LogP contribution in [-0.2, 0) is 4.74 Å². The summed E-state index contributed by atoms with van der Waals surface area (Å²) in [4.78, 5) is 2.13. The third kappa shape index (κ3) is 2.49. The lowest BCUT2D eigenvalue weighted by Crippen LogP contribution is -2.49. The number of anilines is 1. The predicted molar refractivity (Wildman–Crippen MR) is 72.7 cm³/mol. The summed E-state index contributed by atoms with van der Waals surface area (Å²) in [6, 6.07) is 10.9. The van der Waals surface area contributed by atoms with Crippen LogP contribution in [0.3, 0.4) is 0 Å². The Kier molecular flexibility index (Phi) is 3.58. The first-order valence-corrected chi connectivity index (χ1v) is 6.36. The molecule has 3 heteroatoms. The summed E-state index contributed by atoms with van der Waals surface area (Å²) in [5, 5.41) is 9.19. The largest absolute Gasteiger partial charge is 0.378 e. The normalized spacial score (nSPS) is 17.1. The van der Waals surface area contributed by atoms with E-state index in [0.717, 1.165) is 12.2 Å². The van der Waals surface area contributed by atoms with Crippen LogP contribution in [0.5, 0.6) is 0 Å². The molecular formula is C15H20N2O. The van der Waals surface area contributed by atoms with Crippen LogP contribution in [0.4, 0.5) is 5.69 Å². The summed E-state index contributed by atoms with van der Waals surface area (Å²) in [7, 11) is 2.03. The molecule has 1 aromatic rings. The molecule has 0 unspecified atom stereocenters. The number of ether oxygens (including phenoxy) is 1. The fourth-order valence-corrected chi connectivity index (χ4v) is 2.20. The lowest BCUT2D eigenvalue weighted by Gasteiger charge is -2.38. The van der Waals surface area contributed by atoms with Crippen LogP contribution in [0.25, 0.3) is 0 Å². The van der Waals surface area contributed by atoms with Gasteiger partial charge in [0.25, 0.3) is 0 Å². The van der Waals surface area contributed by atoms with Gasteiger partial charge in [-0.05, 0) is 23.6 Å². The van der Waals surface area contributed by atoms with Gasteiger partial charge in [-0.25, -0.2) is 0 Å². The van der Waals surface area contributed by atoms with E-state index in [1.54, 1.807) is 0 Å². The third-order valence-corrected chi connectivity index (χ3v) is 3.53. The highest BCUT2D eigenvalue weighted by atomic mass is 16.5.